The smallest absolute Gasteiger partial charge is 0.178 e. The number of aromatic nitrogens is 5. The Morgan fingerprint density at radius 3 is 2.56 bits per heavy atom. The average molecular weight is 562 g/mol. The van der Waals surface area contributed by atoms with E-state index in [0.717, 1.165) is 61.3 Å². The van der Waals surface area contributed by atoms with E-state index in [9.17, 15) is 0 Å². The maximum Gasteiger partial charge on any atom is 0.178 e. The van der Waals surface area contributed by atoms with E-state index in [1.54, 1.807) is 17.5 Å². The molecule has 0 aromatic carbocycles. The molecule has 0 amide bonds. The molecule has 1 aliphatic rings. The fourth-order valence-corrected chi connectivity index (χ4v) is 6.57. The second kappa shape index (κ2) is 12.6. The summed E-state index contributed by atoms with van der Waals surface area (Å²) in [6, 6.07) is 6.26. The Morgan fingerprint density at radius 2 is 1.88 bits per heavy atom. The Labute approximate surface area is 246 Å². The number of hydrogen-bond donors (Lipinski definition) is 2. The van der Waals surface area contributed by atoms with Gasteiger partial charge in [0.25, 0.3) is 0 Å². The van der Waals surface area contributed by atoms with Crippen molar-refractivity contribution in [3.05, 3.63) is 94.0 Å². The van der Waals surface area contributed by atoms with Crippen molar-refractivity contribution in [3.63, 3.8) is 0 Å². The van der Waals surface area contributed by atoms with Crippen LogP contribution in [-0.2, 0) is 0 Å². The second-order valence-electron chi connectivity index (χ2n) is 10.8. The van der Waals surface area contributed by atoms with Crippen LogP contribution in [0.25, 0.3) is 51.4 Å². The van der Waals surface area contributed by atoms with Crippen LogP contribution in [0.4, 0.5) is 0 Å². The van der Waals surface area contributed by atoms with Crippen molar-refractivity contribution in [2.75, 3.05) is 0 Å². The Hall–Kier alpha value is -4.03. The third kappa shape index (κ3) is 6.18. The first-order chi connectivity index (χ1) is 19.9. The monoisotopic (exact) mass is 561 g/mol. The molecule has 4 heterocycles. The zero-order chi connectivity index (χ0) is 28.9. The lowest BCUT2D eigenvalue weighted by Gasteiger charge is -2.22. The number of thiophene rings is 1. The molecule has 1 saturated carbocycles. The summed E-state index contributed by atoms with van der Waals surface area (Å²) in [7, 11) is 0. The summed E-state index contributed by atoms with van der Waals surface area (Å²) in [6.45, 7) is 18.6. The van der Waals surface area contributed by atoms with Gasteiger partial charge >= 0.3 is 0 Å². The van der Waals surface area contributed by atoms with Crippen molar-refractivity contribution in [2.24, 2.45) is 5.92 Å². The number of aromatic amines is 2. The molecule has 0 unspecified atom stereocenters. The minimum absolute atomic E-state index is 0.656. The first kappa shape index (κ1) is 28.5. The average Bonchev–Trinajstić information content (AvgIpc) is 3.73. The van der Waals surface area contributed by atoms with Crippen LogP contribution in [0, 0.1) is 5.92 Å². The maximum atomic E-state index is 4.84. The van der Waals surface area contributed by atoms with Crippen LogP contribution in [0.3, 0.4) is 0 Å². The van der Waals surface area contributed by atoms with Gasteiger partial charge in [0, 0.05) is 26.7 Å². The summed E-state index contributed by atoms with van der Waals surface area (Å²) in [4.78, 5) is 15.2. The number of H-pyrrole nitrogens is 2. The molecule has 0 spiro atoms. The van der Waals surface area contributed by atoms with Gasteiger partial charge in [-0.05, 0) is 79.7 Å². The zero-order valence-electron chi connectivity index (χ0n) is 24.4. The van der Waals surface area contributed by atoms with E-state index < -0.39 is 0 Å². The largest absolute Gasteiger partial charge is 0.335 e. The molecule has 0 aliphatic heterocycles. The highest BCUT2D eigenvalue weighted by atomic mass is 32.1. The third-order valence-electron chi connectivity index (χ3n) is 7.90. The molecule has 0 radical (unpaired) electrons. The zero-order valence-corrected chi connectivity index (χ0v) is 25.2. The van der Waals surface area contributed by atoms with Crippen LogP contribution in [-0.4, -0.2) is 25.1 Å². The summed E-state index contributed by atoms with van der Waals surface area (Å²) < 4.78 is 0. The van der Waals surface area contributed by atoms with Gasteiger partial charge in [-0.2, -0.15) is 5.10 Å². The second-order valence-corrected chi connectivity index (χ2v) is 11.9. The van der Waals surface area contributed by atoms with Crippen molar-refractivity contribution in [1.29, 1.82) is 0 Å². The number of pyridine rings is 1. The normalized spacial score (nSPS) is 16.1. The lowest BCUT2D eigenvalue weighted by atomic mass is 9.84. The molecular weight excluding hydrogens is 522 g/mol. The molecule has 5 rings (SSSR count). The molecule has 5 nitrogen and oxygen atoms in total. The molecule has 0 atom stereocenters. The van der Waals surface area contributed by atoms with Crippen molar-refractivity contribution in [1.82, 2.24) is 25.1 Å². The van der Waals surface area contributed by atoms with E-state index in [-0.39, 0.29) is 0 Å². The van der Waals surface area contributed by atoms with E-state index in [4.69, 9.17) is 4.98 Å². The standard InChI is InChI=1S/C35H39N5S/c1-7-24(19-25-13-11-10-12-14-25)20-26(8-2)27(9-3)21-29-23(6)39-40-33(29)35-37-32-28(17-18-36-34(32)38-35)31-16-15-30(41-31)22(4)5/h7-9,15-18,20-21,25,39H,1,4,6,10-14,19H2,2-3,5H3,(H,36,37,38)/b24-20+,26-8+,27-9+,29-21+. The van der Waals surface area contributed by atoms with Gasteiger partial charge in [0.1, 0.15) is 5.69 Å². The van der Waals surface area contributed by atoms with Gasteiger partial charge in [-0.3, -0.25) is 5.10 Å². The molecule has 0 saturated heterocycles. The van der Waals surface area contributed by atoms with Gasteiger partial charge in [0.15, 0.2) is 11.5 Å². The Balaban J connectivity index is 1.52. The van der Waals surface area contributed by atoms with Crippen molar-refractivity contribution in [2.45, 2.75) is 59.3 Å². The molecule has 6 heteroatoms. The highest BCUT2D eigenvalue weighted by Crippen LogP contribution is 2.35. The van der Waals surface area contributed by atoms with Crippen LogP contribution in [0.1, 0.15) is 64.2 Å². The number of rotatable bonds is 9. The van der Waals surface area contributed by atoms with E-state index in [1.807, 2.05) is 19.1 Å². The highest BCUT2D eigenvalue weighted by molar-refractivity contribution is 7.16. The molecule has 4 aromatic heterocycles. The fourth-order valence-electron chi connectivity index (χ4n) is 5.61. The van der Waals surface area contributed by atoms with Crippen LogP contribution >= 0.6 is 11.3 Å². The van der Waals surface area contributed by atoms with Crippen LogP contribution in [0.2, 0.25) is 0 Å². The summed E-state index contributed by atoms with van der Waals surface area (Å²) in [5.74, 6) is 1.41. The van der Waals surface area contributed by atoms with Gasteiger partial charge in [0.2, 0.25) is 0 Å². The van der Waals surface area contributed by atoms with Gasteiger partial charge in [-0.1, -0.05) is 76.1 Å². The van der Waals surface area contributed by atoms with Crippen molar-refractivity contribution >= 4 is 40.7 Å². The van der Waals surface area contributed by atoms with Gasteiger partial charge in [-0.25, -0.2) is 9.97 Å². The predicted molar refractivity (Wildman–Crippen MR) is 176 cm³/mol. The van der Waals surface area contributed by atoms with E-state index in [0.29, 0.717) is 11.5 Å². The van der Waals surface area contributed by atoms with Gasteiger partial charge in [-0.15, -0.1) is 11.3 Å². The van der Waals surface area contributed by atoms with E-state index >= 15 is 0 Å². The van der Waals surface area contributed by atoms with E-state index in [1.165, 1.54) is 42.6 Å². The topological polar surface area (TPSA) is 70.2 Å². The van der Waals surface area contributed by atoms with Gasteiger partial charge < -0.3 is 4.98 Å². The van der Waals surface area contributed by atoms with Crippen LogP contribution in [0.5, 0.6) is 0 Å². The summed E-state index contributed by atoms with van der Waals surface area (Å²) in [6.07, 6.45) is 20.3. The number of nitrogens with zero attached hydrogens (tertiary/aromatic N) is 3. The maximum absolute atomic E-state index is 4.84. The fraction of sp³-hybridized carbons (Fsp3) is 0.286. The number of fused-ring (bicyclic) bond motifs is 1. The summed E-state index contributed by atoms with van der Waals surface area (Å²) in [5.41, 5.74) is 7.93. The van der Waals surface area contributed by atoms with Gasteiger partial charge in [0.05, 0.1) is 10.9 Å². The third-order valence-corrected chi connectivity index (χ3v) is 9.18. The number of allylic oxidation sites excluding steroid dienone is 8. The molecule has 41 heavy (non-hydrogen) atoms. The predicted octanol–water partition coefficient (Wildman–Crippen LogP) is 8.28. The van der Waals surface area contributed by atoms with E-state index in [2.05, 4.69) is 90.2 Å². The molecule has 2 N–H and O–H groups in total. The quantitative estimate of drug-likeness (QED) is 0.202. The molecule has 1 aliphatic carbocycles. The molecule has 4 aromatic rings. The minimum Gasteiger partial charge on any atom is -0.335 e. The summed E-state index contributed by atoms with van der Waals surface area (Å²) >= 11 is 1.72. The summed E-state index contributed by atoms with van der Waals surface area (Å²) in [5, 5.41) is 9.33. The lowest BCUT2D eigenvalue weighted by Crippen LogP contribution is -2.22. The highest BCUT2D eigenvalue weighted by Gasteiger charge is 2.17. The Bertz CT molecular complexity index is 1780. The Kier molecular flexibility index (Phi) is 8.79. The molecule has 210 valence electrons. The molecule has 1 fully saturated rings. The lowest BCUT2D eigenvalue weighted by molar-refractivity contribution is 0.358. The number of nitrogens with one attached hydrogen (secondary N) is 2. The van der Waals surface area contributed by atoms with Crippen molar-refractivity contribution in [3.8, 4) is 22.0 Å². The minimum atomic E-state index is 0.656. The first-order valence-corrected chi connectivity index (χ1v) is 15.3. The van der Waals surface area contributed by atoms with Crippen molar-refractivity contribution < 1.29 is 0 Å². The van der Waals surface area contributed by atoms with Crippen LogP contribution < -0.4 is 10.6 Å². The molecule has 0 bridgehead atoms. The SMILES string of the molecule is C=C\C(=C/C(=C\C)C(/C=c1/c(-c2nc3nccc(-c4ccc(C(=C)C)s4)c3[nH]2)n[nH]c1=C)=C/C)CC1CCCCC1. The van der Waals surface area contributed by atoms with Crippen LogP contribution in [0.15, 0.2) is 78.6 Å². The number of imidazole rings is 1. The first-order valence-electron chi connectivity index (χ1n) is 14.4. The molecular formula is C35H39N5S. The Morgan fingerprint density at radius 1 is 1.10 bits per heavy atom. The number of hydrogen-bond acceptors (Lipinski definition) is 4.